The van der Waals surface area contributed by atoms with E-state index in [4.69, 9.17) is 17.3 Å². The van der Waals surface area contributed by atoms with Crippen molar-refractivity contribution in [1.82, 2.24) is 4.90 Å². The summed E-state index contributed by atoms with van der Waals surface area (Å²) in [7, 11) is 0. The van der Waals surface area contributed by atoms with E-state index in [0.29, 0.717) is 22.2 Å². The van der Waals surface area contributed by atoms with Gasteiger partial charge in [0.05, 0.1) is 10.3 Å². The zero-order chi connectivity index (χ0) is 14.0. The predicted octanol–water partition coefficient (Wildman–Crippen LogP) is 2.55. The summed E-state index contributed by atoms with van der Waals surface area (Å²) >= 11 is 7.36. The molecule has 1 aliphatic rings. The fourth-order valence-corrected chi connectivity index (χ4v) is 3.43. The fraction of sp³-hybridized carbons (Fsp3) is 0.385. The van der Waals surface area contributed by atoms with Crippen LogP contribution >= 0.6 is 23.4 Å². The number of benzene rings is 1. The minimum atomic E-state index is -0.416. The quantitative estimate of drug-likeness (QED) is 0.685. The normalized spacial score (nSPS) is 19.3. The largest absolute Gasteiger partial charge is 0.398 e. The molecule has 1 saturated heterocycles. The van der Waals surface area contributed by atoms with Crippen LogP contribution in [0.2, 0.25) is 5.02 Å². The average Bonchev–Trinajstić information content (AvgIpc) is 2.62. The molecule has 1 fully saturated rings. The van der Waals surface area contributed by atoms with E-state index in [0.717, 1.165) is 6.42 Å². The van der Waals surface area contributed by atoms with E-state index >= 15 is 0 Å². The van der Waals surface area contributed by atoms with Crippen LogP contribution in [0.3, 0.4) is 0 Å². The second-order valence-electron chi connectivity index (χ2n) is 4.35. The Labute approximate surface area is 121 Å². The second kappa shape index (κ2) is 5.84. The van der Waals surface area contributed by atoms with Crippen molar-refractivity contribution in [2.75, 3.05) is 12.3 Å². The van der Waals surface area contributed by atoms with Crippen LogP contribution in [-0.4, -0.2) is 28.5 Å². The van der Waals surface area contributed by atoms with Crippen LogP contribution in [0.5, 0.6) is 0 Å². The van der Waals surface area contributed by atoms with Crippen molar-refractivity contribution in [3.63, 3.8) is 0 Å². The molecule has 1 aromatic carbocycles. The lowest BCUT2D eigenvalue weighted by Gasteiger charge is -2.14. The molecule has 19 heavy (non-hydrogen) atoms. The maximum absolute atomic E-state index is 12.1. The number of anilines is 1. The Morgan fingerprint density at radius 2 is 2.21 bits per heavy atom. The first-order chi connectivity index (χ1) is 9.04. The number of rotatable bonds is 4. The molecule has 1 heterocycles. The molecule has 1 unspecified atom stereocenters. The van der Waals surface area contributed by atoms with Crippen LogP contribution in [0, 0.1) is 0 Å². The van der Waals surface area contributed by atoms with E-state index in [1.807, 2.05) is 6.92 Å². The van der Waals surface area contributed by atoms with E-state index < -0.39 is 5.25 Å². The molecule has 1 aliphatic heterocycles. The first-order valence-electron chi connectivity index (χ1n) is 6.09. The molecule has 0 radical (unpaired) electrons. The Balaban J connectivity index is 2.17. The highest BCUT2D eigenvalue weighted by molar-refractivity contribution is 8.01. The molecule has 0 saturated carbocycles. The zero-order valence-electron chi connectivity index (χ0n) is 10.6. The van der Waals surface area contributed by atoms with E-state index in [9.17, 15) is 9.59 Å². The van der Waals surface area contributed by atoms with Gasteiger partial charge in [0, 0.05) is 23.5 Å². The monoisotopic (exact) mass is 298 g/mol. The van der Waals surface area contributed by atoms with Gasteiger partial charge in [-0.15, -0.1) is 11.8 Å². The topological polar surface area (TPSA) is 63.4 Å². The lowest BCUT2D eigenvalue weighted by Crippen LogP contribution is -2.31. The van der Waals surface area contributed by atoms with Crippen LogP contribution in [0.25, 0.3) is 0 Å². The number of carbonyl (C=O) groups is 2. The first-order valence-corrected chi connectivity index (χ1v) is 7.35. The highest BCUT2D eigenvalue weighted by Gasteiger charge is 2.39. The van der Waals surface area contributed by atoms with Gasteiger partial charge in [-0.2, -0.15) is 0 Å². The third-order valence-corrected chi connectivity index (χ3v) is 4.68. The van der Waals surface area contributed by atoms with Gasteiger partial charge in [-0.1, -0.05) is 24.6 Å². The van der Waals surface area contributed by atoms with Crippen molar-refractivity contribution in [2.24, 2.45) is 0 Å². The number of hydrogen-bond donors (Lipinski definition) is 1. The average molecular weight is 299 g/mol. The number of amides is 2. The number of nitrogens with zero attached hydrogens (tertiary/aromatic N) is 1. The Kier molecular flexibility index (Phi) is 4.37. The molecule has 102 valence electrons. The summed E-state index contributed by atoms with van der Waals surface area (Å²) in [5, 5.41) is 0.0976. The predicted molar refractivity (Wildman–Crippen MR) is 77.1 cm³/mol. The van der Waals surface area contributed by atoms with E-state index in [1.165, 1.54) is 16.7 Å². The second-order valence-corrected chi connectivity index (χ2v) is 5.97. The van der Waals surface area contributed by atoms with Gasteiger partial charge in [-0.3, -0.25) is 14.5 Å². The Hall–Kier alpha value is -1.20. The number of nitrogens with two attached hydrogens (primary N) is 1. The summed E-state index contributed by atoms with van der Waals surface area (Å²) in [6.07, 6.45) is 0.983. The molecule has 0 spiro atoms. The third-order valence-electron chi connectivity index (χ3n) is 2.91. The molecule has 2 rings (SSSR count). The van der Waals surface area contributed by atoms with Crippen molar-refractivity contribution < 1.29 is 9.59 Å². The van der Waals surface area contributed by atoms with Crippen molar-refractivity contribution >= 4 is 40.9 Å². The summed E-state index contributed by atoms with van der Waals surface area (Å²) in [6, 6.07) is 5.22. The summed E-state index contributed by atoms with van der Waals surface area (Å²) < 4.78 is 0. The van der Waals surface area contributed by atoms with Gasteiger partial charge in [-0.25, -0.2) is 0 Å². The summed E-state index contributed by atoms with van der Waals surface area (Å²) in [5.41, 5.74) is 6.39. The highest BCUT2D eigenvalue weighted by Crippen LogP contribution is 2.38. The number of nitrogen functional groups attached to an aromatic ring is 1. The van der Waals surface area contributed by atoms with Gasteiger partial charge in [0.25, 0.3) is 0 Å². The molecule has 0 aliphatic carbocycles. The van der Waals surface area contributed by atoms with Gasteiger partial charge >= 0.3 is 0 Å². The minimum absolute atomic E-state index is 0.116. The molecule has 2 amide bonds. The van der Waals surface area contributed by atoms with Gasteiger partial charge in [-0.05, 0) is 18.6 Å². The van der Waals surface area contributed by atoms with Crippen molar-refractivity contribution in [1.29, 1.82) is 0 Å². The molecule has 6 heteroatoms. The molecule has 0 aromatic heterocycles. The van der Waals surface area contributed by atoms with Crippen LogP contribution < -0.4 is 5.73 Å². The standard InChI is InChI=1S/C13H15ClN2O2S/c1-2-6-16-11(17)7-10(13(16)18)19-12-8(14)4-3-5-9(12)15/h3-5,10H,2,6-7,15H2,1H3. The van der Waals surface area contributed by atoms with Crippen LogP contribution in [0.15, 0.2) is 23.1 Å². The van der Waals surface area contributed by atoms with E-state index in [-0.39, 0.29) is 18.2 Å². The Bertz CT molecular complexity index is 501. The van der Waals surface area contributed by atoms with Crippen LogP contribution in [-0.2, 0) is 9.59 Å². The molecule has 1 atom stereocenters. The SMILES string of the molecule is CCCN1C(=O)CC(Sc2c(N)cccc2Cl)C1=O. The number of likely N-dealkylation sites (tertiary alicyclic amines) is 1. The Morgan fingerprint density at radius 3 is 2.84 bits per heavy atom. The number of carbonyl (C=O) groups excluding carboxylic acids is 2. The number of hydrogen-bond acceptors (Lipinski definition) is 4. The van der Waals surface area contributed by atoms with Crippen LogP contribution in [0.1, 0.15) is 19.8 Å². The Morgan fingerprint density at radius 1 is 1.47 bits per heavy atom. The molecule has 1 aromatic rings. The van der Waals surface area contributed by atoms with E-state index in [2.05, 4.69) is 0 Å². The lowest BCUT2D eigenvalue weighted by molar-refractivity contribution is -0.138. The molecular weight excluding hydrogens is 284 g/mol. The number of imide groups is 1. The van der Waals surface area contributed by atoms with Crippen molar-refractivity contribution in [3.8, 4) is 0 Å². The smallest absolute Gasteiger partial charge is 0.243 e. The van der Waals surface area contributed by atoms with Gasteiger partial charge in [0.2, 0.25) is 11.8 Å². The van der Waals surface area contributed by atoms with Crippen LogP contribution in [0.4, 0.5) is 5.69 Å². The van der Waals surface area contributed by atoms with E-state index in [1.54, 1.807) is 18.2 Å². The van der Waals surface area contributed by atoms with Crippen molar-refractivity contribution in [3.05, 3.63) is 23.2 Å². The molecule has 2 N–H and O–H groups in total. The van der Waals surface area contributed by atoms with Crippen molar-refractivity contribution in [2.45, 2.75) is 29.9 Å². The molecular formula is C13H15ClN2O2S. The van der Waals surface area contributed by atoms with Gasteiger partial charge in [0.1, 0.15) is 0 Å². The molecule has 4 nitrogen and oxygen atoms in total. The summed E-state index contributed by atoms with van der Waals surface area (Å²) in [6.45, 7) is 2.42. The first kappa shape index (κ1) is 14.2. The number of halogens is 1. The zero-order valence-corrected chi connectivity index (χ0v) is 12.1. The van der Waals surface area contributed by atoms with Gasteiger partial charge in [0.15, 0.2) is 0 Å². The van der Waals surface area contributed by atoms with Gasteiger partial charge < -0.3 is 5.73 Å². The fourth-order valence-electron chi connectivity index (χ4n) is 2.00. The summed E-state index contributed by atoms with van der Waals surface area (Å²) in [4.78, 5) is 25.9. The minimum Gasteiger partial charge on any atom is -0.398 e. The maximum atomic E-state index is 12.1. The highest BCUT2D eigenvalue weighted by atomic mass is 35.5. The lowest BCUT2D eigenvalue weighted by atomic mass is 10.3. The molecule has 0 bridgehead atoms. The third kappa shape index (κ3) is 2.87. The maximum Gasteiger partial charge on any atom is 0.243 e. The number of thioether (sulfide) groups is 1. The summed E-state index contributed by atoms with van der Waals surface area (Å²) in [5.74, 6) is -0.258.